The summed E-state index contributed by atoms with van der Waals surface area (Å²) in [6, 6.07) is 11.5. The second kappa shape index (κ2) is 6.53. The summed E-state index contributed by atoms with van der Waals surface area (Å²) >= 11 is 0. The molecule has 0 aromatic heterocycles. The van der Waals surface area contributed by atoms with Crippen molar-refractivity contribution >= 4 is 15.7 Å². The predicted octanol–water partition coefficient (Wildman–Crippen LogP) is 2.95. The summed E-state index contributed by atoms with van der Waals surface area (Å²) in [6.45, 7) is 5.92. The third-order valence-electron chi connectivity index (χ3n) is 4.55. The van der Waals surface area contributed by atoms with Gasteiger partial charge >= 0.3 is 0 Å². The second-order valence-corrected chi connectivity index (χ2v) is 8.05. The lowest BCUT2D eigenvalue weighted by Gasteiger charge is -2.35. The van der Waals surface area contributed by atoms with Gasteiger partial charge in [0.05, 0.1) is 4.90 Å². The van der Waals surface area contributed by atoms with Gasteiger partial charge in [0.15, 0.2) is 0 Å². The van der Waals surface area contributed by atoms with Crippen LogP contribution in [0.3, 0.4) is 0 Å². The van der Waals surface area contributed by atoms with Crippen LogP contribution in [-0.4, -0.2) is 38.9 Å². The first-order valence-corrected chi connectivity index (χ1v) is 9.40. The van der Waals surface area contributed by atoms with Crippen molar-refractivity contribution in [2.75, 3.05) is 31.1 Å². The molecule has 0 unspecified atom stereocenters. The quantitative estimate of drug-likeness (QED) is 0.856. The van der Waals surface area contributed by atoms with Crippen molar-refractivity contribution in [3.63, 3.8) is 0 Å². The lowest BCUT2D eigenvalue weighted by atomic mass is 10.1. The molecule has 0 spiro atoms. The molecule has 3 rings (SSSR count). The number of aryl methyl sites for hydroxylation is 2. The zero-order valence-corrected chi connectivity index (χ0v) is 14.7. The molecule has 1 saturated heterocycles. The average Bonchev–Trinajstić information content (AvgIpc) is 2.58. The fourth-order valence-electron chi connectivity index (χ4n) is 2.86. The highest BCUT2D eigenvalue weighted by Gasteiger charge is 2.28. The zero-order chi connectivity index (χ0) is 17.3. The number of halogens is 1. The predicted molar refractivity (Wildman–Crippen MR) is 93.3 cm³/mol. The number of benzene rings is 2. The van der Waals surface area contributed by atoms with Gasteiger partial charge in [0, 0.05) is 31.9 Å². The summed E-state index contributed by atoms with van der Waals surface area (Å²) in [5, 5.41) is 0. The van der Waals surface area contributed by atoms with Gasteiger partial charge in [-0.2, -0.15) is 4.31 Å². The van der Waals surface area contributed by atoms with Crippen LogP contribution < -0.4 is 4.90 Å². The first-order valence-electron chi connectivity index (χ1n) is 7.96. The van der Waals surface area contributed by atoms with Gasteiger partial charge in [0.1, 0.15) is 5.82 Å². The van der Waals surface area contributed by atoms with Crippen molar-refractivity contribution in [3.05, 3.63) is 59.4 Å². The number of anilines is 1. The normalized spacial score (nSPS) is 16.4. The van der Waals surface area contributed by atoms with Crippen molar-refractivity contribution in [1.29, 1.82) is 0 Å². The van der Waals surface area contributed by atoms with E-state index < -0.39 is 10.0 Å². The lowest BCUT2D eigenvalue weighted by Crippen LogP contribution is -2.48. The van der Waals surface area contributed by atoms with Crippen LogP contribution in [0, 0.1) is 19.7 Å². The van der Waals surface area contributed by atoms with E-state index in [0.717, 1.165) is 16.8 Å². The van der Waals surface area contributed by atoms with Gasteiger partial charge in [-0.25, -0.2) is 12.8 Å². The van der Waals surface area contributed by atoms with Crippen molar-refractivity contribution in [3.8, 4) is 0 Å². The molecular formula is C18H21FN2O2S. The molecule has 0 radical (unpaired) electrons. The Morgan fingerprint density at radius 1 is 0.875 bits per heavy atom. The molecule has 1 aliphatic heterocycles. The second-order valence-electron chi connectivity index (χ2n) is 6.11. The molecule has 0 amide bonds. The number of hydrogen-bond acceptors (Lipinski definition) is 3. The summed E-state index contributed by atoms with van der Waals surface area (Å²) in [7, 11) is -3.47. The monoisotopic (exact) mass is 348 g/mol. The van der Waals surface area contributed by atoms with Crippen LogP contribution in [0.15, 0.2) is 47.4 Å². The Balaban J connectivity index is 1.73. The highest BCUT2D eigenvalue weighted by molar-refractivity contribution is 7.89. The molecule has 0 saturated carbocycles. The molecule has 128 valence electrons. The number of hydrogen-bond donors (Lipinski definition) is 0. The average molecular weight is 348 g/mol. The highest BCUT2D eigenvalue weighted by atomic mass is 32.2. The Morgan fingerprint density at radius 3 is 2.08 bits per heavy atom. The third kappa shape index (κ3) is 3.30. The van der Waals surface area contributed by atoms with E-state index in [4.69, 9.17) is 0 Å². The molecule has 0 bridgehead atoms. The molecule has 1 heterocycles. The summed E-state index contributed by atoms with van der Waals surface area (Å²) in [5.74, 6) is -0.269. The summed E-state index contributed by atoms with van der Waals surface area (Å²) in [5.41, 5.74) is 2.97. The van der Waals surface area contributed by atoms with Crippen LogP contribution in [0.4, 0.5) is 10.1 Å². The molecule has 6 heteroatoms. The van der Waals surface area contributed by atoms with Gasteiger partial charge in [-0.3, -0.25) is 0 Å². The number of sulfonamides is 1. The number of nitrogens with zero attached hydrogens (tertiary/aromatic N) is 2. The molecule has 2 aromatic carbocycles. The minimum Gasteiger partial charge on any atom is -0.369 e. The van der Waals surface area contributed by atoms with Gasteiger partial charge in [0.2, 0.25) is 10.0 Å². The Labute approximate surface area is 142 Å². The van der Waals surface area contributed by atoms with Gasteiger partial charge in [0.25, 0.3) is 0 Å². The standard InChI is InChI=1S/C18H21FN2O2S/c1-14-3-8-18(13-15(14)2)24(22,23)21-11-9-20(10-12-21)17-6-4-16(19)5-7-17/h3-8,13H,9-12H2,1-2H3. The van der Waals surface area contributed by atoms with Gasteiger partial charge in [-0.05, 0) is 61.4 Å². The van der Waals surface area contributed by atoms with Gasteiger partial charge < -0.3 is 4.90 Å². The van der Waals surface area contributed by atoms with Crippen molar-refractivity contribution in [1.82, 2.24) is 4.31 Å². The Kier molecular flexibility index (Phi) is 4.60. The Morgan fingerprint density at radius 2 is 1.50 bits per heavy atom. The van der Waals surface area contributed by atoms with Crippen molar-refractivity contribution in [2.45, 2.75) is 18.7 Å². The SMILES string of the molecule is Cc1ccc(S(=O)(=O)N2CCN(c3ccc(F)cc3)CC2)cc1C. The van der Waals surface area contributed by atoms with Crippen molar-refractivity contribution in [2.24, 2.45) is 0 Å². The van der Waals surface area contributed by atoms with Gasteiger partial charge in [-0.1, -0.05) is 6.07 Å². The van der Waals surface area contributed by atoms with E-state index in [1.54, 1.807) is 24.3 Å². The molecular weight excluding hydrogens is 327 g/mol. The van der Waals surface area contributed by atoms with Crippen LogP contribution in [0.2, 0.25) is 0 Å². The lowest BCUT2D eigenvalue weighted by molar-refractivity contribution is 0.385. The maximum absolute atomic E-state index is 13.0. The molecule has 0 aliphatic carbocycles. The van der Waals surface area contributed by atoms with Crippen LogP contribution >= 0.6 is 0 Å². The maximum atomic E-state index is 13.0. The number of rotatable bonds is 3. The van der Waals surface area contributed by atoms with Crippen LogP contribution in [0.25, 0.3) is 0 Å². The summed E-state index contributed by atoms with van der Waals surface area (Å²) in [4.78, 5) is 2.42. The topological polar surface area (TPSA) is 40.6 Å². The first-order chi connectivity index (χ1) is 11.4. The van der Waals surface area contributed by atoms with E-state index in [2.05, 4.69) is 4.90 Å². The van der Waals surface area contributed by atoms with Gasteiger partial charge in [-0.15, -0.1) is 0 Å². The number of piperazine rings is 1. The Hall–Kier alpha value is -1.92. The van der Waals surface area contributed by atoms with Crippen molar-refractivity contribution < 1.29 is 12.8 Å². The molecule has 1 fully saturated rings. The summed E-state index contributed by atoms with van der Waals surface area (Å²) < 4.78 is 40.1. The molecule has 0 atom stereocenters. The fraction of sp³-hybridized carbons (Fsp3) is 0.333. The third-order valence-corrected chi connectivity index (χ3v) is 6.44. The van der Waals surface area contributed by atoms with E-state index in [1.165, 1.54) is 16.4 Å². The minimum absolute atomic E-state index is 0.269. The van der Waals surface area contributed by atoms with E-state index >= 15 is 0 Å². The fourth-order valence-corrected chi connectivity index (χ4v) is 4.37. The minimum atomic E-state index is -3.47. The van der Waals surface area contributed by atoms with Crippen LogP contribution in [0.5, 0.6) is 0 Å². The molecule has 24 heavy (non-hydrogen) atoms. The molecule has 1 aliphatic rings. The first kappa shape index (κ1) is 16.9. The molecule has 0 N–H and O–H groups in total. The van der Waals surface area contributed by atoms with E-state index in [9.17, 15) is 12.8 Å². The largest absolute Gasteiger partial charge is 0.369 e. The highest BCUT2D eigenvalue weighted by Crippen LogP contribution is 2.22. The van der Waals surface area contributed by atoms with E-state index in [-0.39, 0.29) is 5.82 Å². The Bertz CT molecular complexity index is 827. The summed E-state index contributed by atoms with van der Waals surface area (Å²) in [6.07, 6.45) is 0. The van der Waals surface area contributed by atoms with E-state index in [0.29, 0.717) is 31.1 Å². The maximum Gasteiger partial charge on any atom is 0.243 e. The zero-order valence-electron chi connectivity index (χ0n) is 13.9. The van der Waals surface area contributed by atoms with E-state index in [1.807, 2.05) is 19.9 Å². The smallest absolute Gasteiger partial charge is 0.243 e. The van der Waals surface area contributed by atoms with Crippen LogP contribution in [-0.2, 0) is 10.0 Å². The molecule has 2 aromatic rings. The molecule has 4 nitrogen and oxygen atoms in total. The van der Waals surface area contributed by atoms with Crippen LogP contribution in [0.1, 0.15) is 11.1 Å².